The molecule has 1 amide bonds. The Morgan fingerprint density at radius 2 is 1.73 bits per heavy atom. The smallest absolute Gasteiger partial charge is 0.369 e. The first-order valence-electron chi connectivity index (χ1n) is 11.3. The summed E-state index contributed by atoms with van der Waals surface area (Å²) in [5.41, 5.74) is 1.26. The number of nitrogens with zero attached hydrogens (tertiary/aromatic N) is 2. The molecule has 0 bridgehead atoms. The number of carbonyl (C=O) groups is 3. The van der Waals surface area contributed by atoms with Gasteiger partial charge in [0.05, 0.1) is 6.61 Å². The van der Waals surface area contributed by atoms with Crippen molar-refractivity contribution in [1.82, 2.24) is 10.2 Å². The van der Waals surface area contributed by atoms with Gasteiger partial charge in [-0.25, -0.2) is 4.79 Å². The van der Waals surface area contributed by atoms with Gasteiger partial charge in [0, 0.05) is 12.0 Å². The third kappa shape index (κ3) is 7.35. The van der Waals surface area contributed by atoms with E-state index in [4.69, 9.17) is 9.47 Å². The summed E-state index contributed by atoms with van der Waals surface area (Å²) in [5, 5.41) is 10.6. The number of amides is 1. The van der Waals surface area contributed by atoms with Gasteiger partial charge in [-0.2, -0.15) is 0 Å². The molecule has 0 atom stereocenters. The number of benzene rings is 1. The Bertz CT molecular complexity index is 973. The zero-order chi connectivity index (χ0) is 24.0. The second-order valence-corrected chi connectivity index (χ2v) is 10.2. The van der Waals surface area contributed by atoms with E-state index in [2.05, 4.69) is 15.5 Å². The normalized spacial score (nSPS) is 18.4. The Morgan fingerprint density at radius 3 is 2.33 bits per heavy atom. The molecule has 9 heteroatoms. The fourth-order valence-corrected chi connectivity index (χ4v) is 4.58. The number of rotatable bonds is 7. The maximum absolute atomic E-state index is 12.5. The number of anilines is 1. The zero-order valence-corrected chi connectivity index (χ0v) is 20.4. The first kappa shape index (κ1) is 24.8. The fraction of sp³-hybridized carbons (Fsp3) is 0.542. The topological polar surface area (TPSA) is 107 Å². The molecule has 0 radical (unpaired) electrons. The summed E-state index contributed by atoms with van der Waals surface area (Å²) in [6.07, 6.45) is 4.49. The molecule has 3 rings (SSSR count). The Morgan fingerprint density at radius 1 is 1.06 bits per heavy atom. The van der Waals surface area contributed by atoms with Gasteiger partial charge in [0.1, 0.15) is 5.60 Å². The molecule has 1 aliphatic carbocycles. The summed E-state index contributed by atoms with van der Waals surface area (Å²) >= 11 is 0.975. The number of aromatic nitrogens is 2. The third-order valence-electron chi connectivity index (χ3n) is 5.46. The van der Waals surface area contributed by atoms with Crippen molar-refractivity contribution < 1.29 is 23.9 Å². The van der Waals surface area contributed by atoms with Gasteiger partial charge in [-0.1, -0.05) is 23.5 Å². The SMILES string of the molecule is CCOC(=O)c1nnc(NC(=O)c2ccc([C@H]3CC[C@H](CC(=O)OC(C)(C)C)CC3)cc2)s1. The van der Waals surface area contributed by atoms with Crippen molar-refractivity contribution in [3.63, 3.8) is 0 Å². The molecular weight excluding hydrogens is 442 g/mol. The number of nitrogens with one attached hydrogen (secondary N) is 1. The lowest BCUT2D eigenvalue weighted by Crippen LogP contribution is -2.26. The predicted octanol–water partition coefficient (Wildman–Crippen LogP) is 4.97. The van der Waals surface area contributed by atoms with Crippen LogP contribution in [0, 0.1) is 5.92 Å². The molecule has 1 saturated carbocycles. The standard InChI is InChI=1S/C24H31N3O5S/c1-5-31-22(30)21-26-27-23(33-21)25-20(29)18-12-10-17(11-13-18)16-8-6-15(7-9-16)14-19(28)32-24(2,3)4/h10-13,15-16H,5-9,14H2,1-4H3,(H,25,27,29)/t15-,16-. The van der Waals surface area contributed by atoms with Gasteiger partial charge in [0.15, 0.2) is 0 Å². The fourth-order valence-electron chi connectivity index (χ4n) is 3.94. The van der Waals surface area contributed by atoms with Crippen LogP contribution in [0.3, 0.4) is 0 Å². The van der Waals surface area contributed by atoms with Crippen LogP contribution < -0.4 is 5.32 Å². The van der Waals surface area contributed by atoms with Crippen LogP contribution in [0.2, 0.25) is 0 Å². The van der Waals surface area contributed by atoms with Crippen LogP contribution in [0.25, 0.3) is 0 Å². The number of hydrogen-bond acceptors (Lipinski definition) is 8. The second-order valence-electron chi connectivity index (χ2n) is 9.22. The Kier molecular flexibility index (Phi) is 8.18. The second kappa shape index (κ2) is 10.9. The van der Waals surface area contributed by atoms with Crippen LogP contribution in [0.5, 0.6) is 0 Å². The molecule has 1 fully saturated rings. The van der Waals surface area contributed by atoms with Crippen LogP contribution in [-0.4, -0.2) is 40.3 Å². The lowest BCUT2D eigenvalue weighted by Gasteiger charge is -2.29. The molecule has 1 aromatic carbocycles. The molecule has 1 N–H and O–H groups in total. The summed E-state index contributed by atoms with van der Waals surface area (Å²) in [5.74, 6) is -0.194. The van der Waals surface area contributed by atoms with Gasteiger partial charge in [-0.3, -0.25) is 14.9 Å². The quantitative estimate of drug-likeness (QED) is 0.566. The number of esters is 2. The molecule has 178 valence electrons. The van der Waals surface area contributed by atoms with E-state index in [-0.39, 0.29) is 28.6 Å². The van der Waals surface area contributed by atoms with Crippen molar-refractivity contribution in [2.45, 2.75) is 71.3 Å². The molecule has 33 heavy (non-hydrogen) atoms. The highest BCUT2D eigenvalue weighted by Gasteiger charge is 2.26. The van der Waals surface area contributed by atoms with Crippen molar-refractivity contribution in [1.29, 1.82) is 0 Å². The van der Waals surface area contributed by atoms with E-state index in [0.717, 1.165) is 37.0 Å². The van der Waals surface area contributed by atoms with Crippen LogP contribution in [0.4, 0.5) is 5.13 Å². The van der Waals surface area contributed by atoms with Crippen LogP contribution in [0.1, 0.15) is 91.4 Å². The van der Waals surface area contributed by atoms with Crippen LogP contribution in [-0.2, 0) is 14.3 Å². The van der Waals surface area contributed by atoms with E-state index in [1.54, 1.807) is 19.1 Å². The molecule has 0 saturated heterocycles. The van der Waals surface area contributed by atoms with Gasteiger partial charge in [-0.05, 0) is 82.9 Å². The maximum atomic E-state index is 12.5. The van der Waals surface area contributed by atoms with Gasteiger partial charge >= 0.3 is 11.9 Å². The van der Waals surface area contributed by atoms with Crippen LogP contribution >= 0.6 is 11.3 Å². The molecule has 2 aromatic rings. The van der Waals surface area contributed by atoms with Crippen molar-refractivity contribution in [3.8, 4) is 0 Å². The number of hydrogen-bond donors (Lipinski definition) is 1. The molecular formula is C24H31N3O5S. The van der Waals surface area contributed by atoms with E-state index in [0.29, 0.717) is 23.8 Å². The van der Waals surface area contributed by atoms with Gasteiger partial charge < -0.3 is 9.47 Å². The Hall–Kier alpha value is -2.81. The monoisotopic (exact) mass is 473 g/mol. The van der Waals surface area contributed by atoms with E-state index in [9.17, 15) is 14.4 Å². The van der Waals surface area contributed by atoms with E-state index < -0.39 is 11.6 Å². The highest BCUT2D eigenvalue weighted by molar-refractivity contribution is 7.17. The van der Waals surface area contributed by atoms with Gasteiger partial charge in [-0.15, -0.1) is 10.2 Å². The van der Waals surface area contributed by atoms with Crippen molar-refractivity contribution in [2.24, 2.45) is 5.92 Å². The number of carbonyl (C=O) groups excluding carboxylic acids is 3. The highest BCUT2D eigenvalue weighted by atomic mass is 32.1. The Balaban J connectivity index is 1.50. The molecule has 1 aromatic heterocycles. The average Bonchev–Trinajstić information content (AvgIpc) is 3.22. The average molecular weight is 474 g/mol. The molecule has 0 spiro atoms. The van der Waals surface area contributed by atoms with Crippen molar-refractivity contribution in [2.75, 3.05) is 11.9 Å². The minimum absolute atomic E-state index is 0.102. The third-order valence-corrected chi connectivity index (χ3v) is 6.28. The summed E-state index contributed by atoms with van der Waals surface area (Å²) in [7, 11) is 0. The molecule has 0 unspecified atom stereocenters. The zero-order valence-electron chi connectivity index (χ0n) is 19.6. The van der Waals surface area contributed by atoms with E-state index >= 15 is 0 Å². The minimum Gasteiger partial charge on any atom is -0.461 e. The summed E-state index contributed by atoms with van der Waals surface area (Å²) in [6.45, 7) is 7.62. The van der Waals surface area contributed by atoms with E-state index in [1.165, 1.54) is 5.56 Å². The lowest BCUT2D eigenvalue weighted by atomic mass is 9.77. The summed E-state index contributed by atoms with van der Waals surface area (Å²) in [6, 6.07) is 7.56. The predicted molar refractivity (Wildman–Crippen MR) is 125 cm³/mol. The van der Waals surface area contributed by atoms with Gasteiger partial charge in [0.2, 0.25) is 10.1 Å². The maximum Gasteiger partial charge on any atom is 0.369 e. The van der Waals surface area contributed by atoms with Gasteiger partial charge in [0.25, 0.3) is 5.91 Å². The Labute approximate surface area is 198 Å². The molecule has 1 aliphatic rings. The minimum atomic E-state index is -0.555. The number of ether oxygens (including phenoxy) is 2. The molecule has 8 nitrogen and oxygen atoms in total. The van der Waals surface area contributed by atoms with E-state index in [1.807, 2.05) is 32.9 Å². The first-order valence-corrected chi connectivity index (χ1v) is 12.1. The van der Waals surface area contributed by atoms with Crippen LogP contribution in [0.15, 0.2) is 24.3 Å². The first-order chi connectivity index (χ1) is 15.6. The summed E-state index contributed by atoms with van der Waals surface area (Å²) in [4.78, 5) is 36.3. The highest BCUT2D eigenvalue weighted by Crippen LogP contribution is 2.37. The van der Waals surface area contributed by atoms with Crippen molar-refractivity contribution in [3.05, 3.63) is 40.4 Å². The summed E-state index contributed by atoms with van der Waals surface area (Å²) < 4.78 is 10.3. The lowest BCUT2D eigenvalue weighted by molar-refractivity contribution is -0.156. The largest absolute Gasteiger partial charge is 0.461 e. The molecule has 0 aliphatic heterocycles. The molecule has 1 heterocycles. The van der Waals surface area contributed by atoms with Crippen molar-refractivity contribution >= 4 is 34.3 Å².